The molecule has 0 saturated carbocycles. The fourth-order valence-electron chi connectivity index (χ4n) is 4.16. The zero-order valence-electron chi connectivity index (χ0n) is 19.5. The standard InChI is InChI=1S/C25H29N3O4S/c1-16(2)19-5-7-21(8-6-19)28-17(3)13-20(18(28)4)14-22-24(30)27(25(31)33-22)15-23(29)26-9-11-32-12-10-26/h5-8,13-14,16H,9-12,15H2,1-4H3/b22-14+. The third kappa shape index (κ3) is 4.77. The normalized spacial score (nSPS) is 18.2. The van der Waals surface area contributed by atoms with E-state index in [-0.39, 0.29) is 12.5 Å². The van der Waals surface area contributed by atoms with Crippen LogP contribution >= 0.6 is 11.8 Å². The topological polar surface area (TPSA) is 71.9 Å². The van der Waals surface area contributed by atoms with Crippen LogP contribution in [0.4, 0.5) is 4.79 Å². The molecule has 0 N–H and O–H groups in total. The van der Waals surface area contributed by atoms with E-state index in [1.165, 1.54) is 5.56 Å². The molecule has 3 heterocycles. The second-order valence-corrected chi connectivity index (χ2v) is 9.66. The minimum atomic E-state index is -0.419. The van der Waals surface area contributed by atoms with Gasteiger partial charge in [-0.3, -0.25) is 19.3 Å². The van der Waals surface area contributed by atoms with Gasteiger partial charge in [0.15, 0.2) is 0 Å². The largest absolute Gasteiger partial charge is 0.378 e. The quantitative estimate of drug-likeness (QED) is 0.619. The lowest BCUT2D eigenvalue weighted by atomic mass is 10.0. The first-order chi connectivity index (χ1) is 15.8. The number of aryl methyl sites for hydroxylation is 1. The zero-order chi connectivity index (χ0) is 23.7. The first-order valence-corrected chi connectivity index (χ1v) is 12.0. The van der Waals surface area contributed by atoms with Crippen molar-refractivity contribution in [2.45, 2.75) is 33.6 Å². The highest BCUT2D eigenvalue weighted by Gasteiger charge is 2.37. The number of thioether (sulfide) groups is 1. The van der Waals surface area contributed by atoms with Crippen molar-refractivity contribution in [3.05, 3.63) is 57.8 Å². The Hall–Kier alpha value is -2.84. The van der Waals surface area contributed by atoms with Gasteiger partial charge >= 0.3 is 0 Å². The third-order valence-corrected chi connectivity index (χ3v) is 7.01. The molecule has 8 heteroatoms. The maximum Gasteiger partial charge on any atom is 0.294 e. The second-order valence-electron chi connectivity index (χ2n) is 8.67. The van der Waals surface area contributed by atoms with Gasteiger partial charge < -0.3 is 14.2 Å². The number of morpholine rings is 1. The number of imide groups is 1. The molecule has 0 radical (unpaired) electrons. The number of aromatic nitrogens is 1. The maximum atomic E-state index is 12.9. The average Bonchev–Trinajstić information content (AvgIpc) is 3.23. The Morgan fingerprint density at radius 1 is 1.12 bits per heavy atom. The highest BCUT2D eigenvalue weighted by Crippen LogP contribution is 2.34. The van der Waals surface area contributed by atoms with E-state index in [0.717, 1.165) is 39.3 Å². The number of carbonyl (C=O) groups excluding carboxylic acids is 3. The number of hydrogen-bond donors (Lipinski definition) is 0. The summed E-state index contributed by atoms with van der Waals surface area (Å²) in [5, 5.41) is -0.411. The molecule has 2 aliphatic heterocycles. The van der Waals surface area contributed by atoms with Gasteiger partial charge in [-0.1, -0.05) is 26.0 Å². The van der Waals surface area contributed by atoms with Crippen LogP contribution in [0.15, 0.2) is 35.2 Å². The maximum absolute atomic E-state index is 12.9. The summed E-state index contributed by atoms with van der Waals surface area (Å²) in [7, 11) is 0. The summed E-state index contributed by atoms with van der Waals surface area (Å²) in [5.74, 6) is -0.185. The van der Waals surface area contributed by atoms with E-state index in [2.05, 4.69) is 42.7 Å². The number of benzene rings is 1. The number of hydrogen-bond acceptors (Lipinski definition) is 5. The van der Waals surface area contributed by atoms with Crippen molar-refractivity contribution in [1.82, 2.24) is 14.4 Å². The minimum Gasteiger partial charge on any atom is -0.378 e. The number of amides is 3. The van der Waals surface area contributed by atoms with Crippen molar-refractivity contribution in [2.75, 3.05) is 32.8 Å². The van der Waals surface area contributed by atoms with Crippen molar-refractivity contribution >= 4 is 34.9 Å². The first kappa shape index (κ1) is 23.3. The van der Waals surface area contributed by atoms with E-state index in [9.17, 15) is 14.4 Å². The lowest BCUT2D eigenvalue weighted by Gasteiger charge is -2.28. The Morgan fingerprint density at radius 2 is 1.79 bits per heavy atom. The molecule has 0 unspecified atom stereocenters. The van der Waals surface area contributed by atoms with Crippen molar-refractivity contribution in [2.24, 2.45) is 0 Å². The van der Waals surface area contributed by atoms with Crippen LogP contribution in [0.5, 0.6) is 0 Å². The molecule has 2 aliphatic rings. The van der Waals surface area contributed by atoms with Crippen LogP contribution in [0, 0.1) is 13.8 Å². The molecular formula is C25H29N3O4S. The van der Waals surface area contributed by atoms with Crippen LogP contribution in [0.25, 0.3) is 11.8 Å². The van der Waals surface area contributed by atoms with Gasteiger partial charge in [-0.15, -0.1) is 0 Å². The summed E-state index contributed by atoms with van der Waals surface area (Å²) in [6, 6.07) is 10.5. The first-order valence-electron chi connectivity index (χ1n) is 11.2. The summed E-state index contributed by atoms with van der Waals surface area (Å²) in [6.07, 6.45) is 1.76. The van der Waals surface area contributed by atoms with E-state index in [1.54, 1.807) is 11.0 Å². The van der Waals surface area contributed by atoms with E-state index in [1.807, 2.05) is 19.9 Å². The van der Waals surface area contributed by atoms with Crippen molar-refractivity contribution < 1.29 is 19.1 Å². The van der Waals surface area contributed by atoms with Crippen LogP contribution in [0.3, 0.4) is 0 Å². The zero-order valence-corrected chi connectivity index (χ0v) is 20.3. The molecule has 3 amide bonds. The average molecular weight is 468 g/mol. The molecule has 4 rings (SSSR count). The molecule has 0 aliphatic carbocycles. The van der Waals surface area contributed by atoms with Crippen LogP contribution in [-0.4, -0.2) is 64.3 Å². The molecule has 2 fully saturated rings. The second kappa shape index (κ2) is 9.57. The summed E-state index contributed by atoms with van der Waals surface area (Å²) in [6.45, 7) is 10.0. The molecule has 0 bridgehead atoms. The number of ether oxygens (including phenoxy) is 1. The van der Waals surface area contributed by atoms with Gasteiger partial charge in [-0.25, -0.2) is 0 Å². The molecule has 2 aromatic rings. The molecule has 1 aromatic carbocycles. The molecule has 174 valence electrons. The summed E-state index contributed by atoms with van der Waals surface area (Å²) < 4.78 is 7.40. The van der Waals surface area contributed by atoms with E-state index in [4.69, 9.17) is 4.74 Å². The fraction of sp³-hybridized carbons (Fsp3) is 0.400. The van der Waals surface area contributed by atoms with Crippen molar-refractivity contribution in [3.8, 4) is 5.69 Å². The lowest BCUT2D eigenvalue weighted by Crippen LogP contribution is -2.46. The number of carbonyl (C=O) groups is 3. The van der Waals surface area contributed by atoms with Gasteiger partial charge in [0.1, 0.15) is 6.54 Å². The Balaban J connectivity index is 1.54. The Labute approximate surface area is 198 Å². The van der Waals surface area contributed by atoms with Crippen molar-refractivity contribution in [1.29, 1.82) is 0 Å². The molecule has 0 atom stereocenters. The molecule has 1 aromatic heterocycles. The smallest absolute Gasteiger partial charge is 0.294 e. The van der Waals surface area contributed by atoms with Gasteiger partial charge in [0.2, 0.25) is 5.91 Å². The van der Waals surface area contributed by atoms with Crippen LogP contribution < -0.4 is 0 Å². The van der Waals surface area contributed by atoms with Gasteiger partial charge in [-0.2, -0.15) is 0 Å². The summed E-state index contributed by atoms with van der Waals surface area (Å²) >= 11 is 0.884. The molecule has 33 heavy (non-hydrogen) atoms. The Bertz CT molecular complexity index is 1110. The number of nitrogens with zero attached hydrogens (tertiary/aromatic N) is 3. The lowest BCUT2D eigenvalue weighted by molar-refractivity contribution is -0.139. The SMILES string of the molecule is Cc1cc(/C=C2/SC(=O)N(CC(=O)N3CCOCC3)C2=O)c(C)n1-c1ccc(C(C)C)cc1. The van der Waals surface area contributed by atoms with E-state index >= 15 is 0 Å². The van der Waals surface area contributed by atoms with Crippen molar-refractivity contribution in [3.63, 3.8) is 0 Å². The molecule has 7 nitrogen and oxygen atoms in total. The fourth-order valence-corrected chi connectivity index (χ4v) is 4.99. The van der Waals surface area contributed by atoms with Gasteiger partial charge in [-0.05, 0) is 66.9 Å². The van der Waals surface area contributed by atoms with Crippen LogP contribution in [-0.2, 0) is 14.3 Å². The van der Waals surface area contributed by atoms with Gasteiger partial charge in [0.05, 0.1) is 18.1 Å². The highest BCUT2D eigenvalue weighted by atomic mass is 32.2. The molecular weight excluding hydrogens is 438 g/mol. The Morgan fingerprint density at radius 3 is 2.42 bits per heavy atom. The highest BCUT2D eigenvalue weighted by molar-refractivity contribution is 8.18. The summed E-state index contributed by atoms with van der Waals surface area (Å²) in [4.78, 5) is 41.0. The van der Waals surface area contributed by atoms with Gasteiger partial charge in [0, 0.05) is 30.2 Å². The molecule has 2 saturated heterocycles. The van der Waals surface area contributed by atoms with Crippen LogP contribution in [0.2, 0.25) is 0 Å². The monoisotopic (exact) mass is 467 g/mol. The van der Waals surface area contributed by atoms with Gasteiger partial charge in [0.25, 0.3) is 11.1 Å². The minimum absolute atomic E-state index is 0.232. The number of rotatable bonds is 5. The predicted molar refractivity (Wildman–Crippen MR) is 129 cm³/mol. The third-order valence-electron chi connectivity index (χ3n) is 6.11. The Kier molecular flexibility index (Phi) is 6.76. The van der Waals surface area contributed by atoms with Crippen LogP contribution in [0.1, 0.15) is 42.3 Å². The van der Waals surface area contributed by atoms with E-state index in [0.29, 0.717) is 37.1 Å². The predicted octanol–water partition coefficient (Wildman–Crippen LogP) is 4.11. The van der Waals surface area contributed by atoms with E-state index < -0.39 is 11.1 Å². The summed E-state index contributed by atoms with van der Waals surface area (Å²) in [5.41, 5.74) is 5.24. The molecule has 0 spiro atoms.